The molecule has 1 aromatic rings. The Morgan fingerprint density at radius 2 is 2.21 bits per heavy atom. The van der Waals surface area contributed by atoms with Crippen LogP contribution in [0.3, 0.4) is 0 Å². The zero-order valence-electron chi connectivity index (χ0n) is 8.98. The molecule has 0 fully saturated rings. The number of anilines is 1. The molecule has 1 rings (SSSR count). The third kappa shape index (κ3) is 2.48. The first-order valence-electron chi connectivity index (χ1n) is 4.54. The van der Waals surface area contributed by atoms with Gasteiger partial charge < -0.3 is 4.90 Å². The van der Waals surface area contributed by atoms with E-state index in [0.717, 1.165) is 0 Å². The predicted molar refractivity (Wildman–Crippen MR) is 55.3 cm³/mol. The Morgan fingerprint density at radius 3 is 2.64 bits per heavy atom. The van der Waals surface area contributed by atoms with E-state index in [1.165, 1.54) is 4.90 Å². The number of nitrogens with one attached hydrogen (secondary N) is 1. The van der Waals surface area contributed by atoms with E-state index in [1.54, 1.807) is 24.8 Å². The van der Waals surface area contributed by atoms with Crippen molar-refractivity contribution in [2.45, 2.75) is 19.9 Å². The van der Waals surface area contributed by atoms with Gasteiger partial charge in [-0.25, -0.2) is 4.79 Å². The highest BCUT2D eigenvalue weighted by molar-refractivity contribution is 5.87. The van der Waals surface area contributed by atoms with Gasteiger partial charge in [-0.3, -0.25) is 10.00 Å². The first-order valence-corrected chi connectivity index (χ1v) is 4.54. The van der Waals surface area contributed by atoms with Gasteiger partial charge in [0.05, 0.1) is 0 Å². The minimum atomic E-state index is -0.168. The second-order valence-electron chi connectivity index (χ2n) is 3.60. The average Bonchev–Trinajstić information content (AvgIpc) is 2.52. The standard InChI is InChI=1S/C9H16N4O/c1-7(2)13-6-5-8(11-13)10-9(14)12(3)4/h5-7H,1-4H3,(H,10,11,14). The SMILES string of the molecule is CC(C)n1ccc(NC(=O)N(C)C)n1. The van der Waals surface area contributed by atoms with Crippen LogP contribution < -0.4 is 5.32 Å². The van der Waals surface area contributed by atoms with Crippen molar-refractivity contribution < 1.29 is 4.79 Å². The summed E-state index contributed by atoms with van der Waals surface area (Å²) >= 11 is 0. The zero-order valence-corrected chi connectivity index (χ0v) is 8.98. The first kappa shape index (κ1) is 10.6. The van der Waals surface area contributed by atoms with E-state index in [9.17, 15) is 4.79 Å². The van der Waals surface area contributed by atoms with Crippen LogP contribution in [0.15, 0.2) is 12.3 Å². The molecule has 1 aromatic heterocycles. The molecule has 5 heteroatoms. The maximum atomic E-state index is 11.3. The second-order valence-corrected chi connectivity index (χ2v) is 3.60. The van der Waals surface area contributed by atoms with Gasteiger partial charge >= 0.3 is 6.03 Å². The maximum absolute atomic E-state index is 11.3. The van der Waals surface area contributed by atoms with Crippen molar-refractivity contribution in [3.63, 3.8) is 0 Å². The van der Waals surface area contributed by atoms with E-state index in [2.05, 4.69) is 10.4 Å². The van der Waals surface area contributed by atoms with Gasteiger partial charge in [0.15, 0.2) is 5.82 Å². The van der Waals surface area contributed by atoms with Gasteiger partial charge in [-0.05, 0) is 13.8 Å². The topological polar surface area (TPSA) is 50.2 Å². The summed E-state index contributed by atoms with van der Waals surface area (Å²) < 4.78 is 1.80. The molecule has 0 aliphatic rings. The Hall–Kier alpha value is -1.52. The van der Waals surface area contributed by atoms with Crippen LogP contribution in [0.5, 0.6) is 0 Å². The summed E-state index contributed by atoms with van der Waals surface area (Å²) in [5.74, 6) is 0.581. The smallest absolute Gasteiger partial charge is 0.322 e. The van der Waals surface area contributed by atoms with E-state index in [1.807, 2.05) is 20.0 Å². The highest BCUT2D eigenvalue weighted by Crippen LogP contribution is 2.08. The molecule has 0 saturated carbocycles. The molecule has 0 aliphatic heterocycles. The first-order chi connectivity index (χ1) is 6.50. The molecule has 0 aromatic carbocycles. The van der Waals surface area contributed by atoms with Gasteiger partial charge in [0, 0.05) is 32.4 Å². The molecule has 0 aliphatic carbocycles. The number of hydrogen-bond acceptors (Lipinski definition) is 2. The van der Waals surface area contributed by atoms with Gasteiger partial charge in [0.1, 0.15) is 0 Å². The molecule has 0 spiro atoms. The molecule has 0 radical (unpaired) electrons. The lowest BCUT2D eigenvalue weighted by atomic mass is 10.4. The zero-order chi connectivity index (χ0) is 10.7. The number of urea groups is 1. The summed E-state index contributed by atoms with van der Waals surface area (Å²) in [5.41, 5.74) is 0. The summed E-state index contributed by atoms with van der Waals surface area (Å²) in [6, 6.07) is 1.92. The molecular formula is C9H16N4O. The van der Waals surface area contributed by atoms with Crippen LogP contribution in [-0.2, 0) is 0 Å². The second kappa shape index (κ2) is 4.13. The van der Waals surface area contributed by atoms with Crippen LogP contribution in [-0.4, -0.2) is 34.8 Å². The Labute approximate surface area is 83.7 Å². The lowest BCUT2D eigenvalue weighted by Crippen LogP contribution is -2.27. The molecule has 0 unspecified atom stereocenters. The van der Waals surface area contributed by atoms with Crippen molar-refractivity contribution in [3.8, 4) is 0 Å². The number of rotatable bonds is 2. The fourth-order valence-electron chi connectivity index (χ4n) is 0.914. The van der Waals surface area contributed by atoms with Crippen LogP contribution in [0.2, 0.25) is 0 Å². The Morgan fingerprint density at radius 1 is 1.57 bits per heavy atom. The highest BCUT2D eigenvalue weighted by Gasteiger charge is 2.06. The molecular weight excluding hydrogens is 180 g/mol. The predicted octanol–water partition coefficient (Wildman–Crippen LogP) is 1.56. The maximum Gasteiger partial charge on any atom is 0.322 e. The molecule has 0 bridgehead atoms. The Bertz CT molecular complexity index is 316. The van der Waals surface area contributed by atoms with E-state index < -0.39 is 0 Å². The highest BCUT2D eigenvalue weighted by atomic mass is 16.2. The molecule has 1 N–H and O–H groups in total. The molecule has 14 heavy (non-hydrogen) atoms. The van der Waals surface area contributed by atoms with Crippen LogP contribution >= 0.6 is 0 Å². The van der Waals surface area contributed by atoms with E-state index >= 15 is 0 Å². The normalized spacial score (nSPS) is 10.4. The molecule has 0 atom stereocenters. The number of aromatic nitrogens is 2. The van der Waals surface area contributed by atoms with E-state index in [4.69, 9.17) is 0 Å². The third-order valence-corrected chi connectivity index (χ3v) is 1.78. The molecule has 78 valence electrons. The van der Waals surface area contributed by atoms with Gasteiger partial charge in [-0.1, -0.05) is 0 Å². The van der Waals surface area contributed by atoms with Crippen molar-refractivity contribution in [3.05, 3.63) is 12.3 Å². The molecule has 1 heterocycles. The van der Waals surface area contributed by atoms with Crippen LogP contribution in [0.25, 0.3) is 0 Å². The van der Waals surface area contributed by atoms with Gasteiger partial charge in [0.2, 0.25) is 0 Å². The minimum absolute atomic E-state index is 0.168. The summed E-state index contributed by atoms with van der Waals surface area (Å²) in [6.45, 7) is 4.06. The molecule has 5 nitrogen and oxygen atoms in total. The van der Waals surface area contributed by atoms with Crippen LogP contribution in [0.1, 0.15) is 19.9 Å². The van der Waals surface area contributed by atoms with Crippen molar-refractivity contribution >= 4 is 11.8 Å². The van der Waals surface area contributed by atoms with Crippen molar-refractivity contribution in [1.82, 2.24) is 14.7 Å². The largest absolute Gasteiger partial charge is 0.331 e. The lowest BCUT2D eigenvalue weighted by molar-refractivity contribution is 0.230. The fraction of sp³-hybridized carbons (Fsp3) is 0.556. The van der Waals surface area contributed by atoms with Crippen molar-refractivity contribution in [2.75, 3.05) is 19.4 Å². The quantitative estimate of drug-likeness (QED) is 0.780. The van der Waals surface area contributed by atoms with Crippen LogP contribution in [0, 0.1) is 0 Å². The van der Waals surface area contributed by atoms with Crippen molar-refractivity contribution in [1.29, 1.82) is 0 Å². The average molecular weight is 196 g/mol. The van der Waals surface area contributed by atoms with E-state index in [-0.39, 0.29) is 6.03 Å². The summed E-state index contributed by atoms with van der Waals surface area (Å²) in [6.07, 6.45) is 1.84. The summed E-state index contributed by atoms with van der Waals surface area (Å²) in [5, 5.41) is 6.86. The number of hydrogen-bond donors (Lipinski definition) is 1. The Kier molecular flexibility index (Phi) is 3.11. The summed E-state index contributed by atoms with van der Waals surface area (Å²) in [4.78, 5) is 12.7. The van der Waals surface area contributed by atoms with Crippen molar-refractivity contribution in [2.24, 2.45) is 0 Å². The summed E-state index contributed by atoms with van der Waals surface area (Å²) in [7, 11) is 3.38. The molecule has 2 amide bonds. The lowest BCUT2D eigenvalue weighted by Gasteiger charge is -2.10. The number of amides is 2. The van der Waals surface area contributed by atoms with Crippen LogP contribution in [0.4, 0.5) is 10.6 Å². The van der Waals surface area contributed by atoms with Gasteiger partial charge in [-0.15, -0.1) is 0 Å². The number of carbonyl (C=O) groups is 1. The Balaban J connectivity index is 2.64. The number of carbonyl (C=O) groups excluding carboxylic acids is 1. The van der Waals surface area contributed by atoms with Gasteiger partial charge in [-0.2, -0.15) is 5.10 Å². The third-order valence-electron chi connectivity index (χ3n) is 1.78. The molecule has 0 saturated heterocycles. The van der Waals surface area contributed by atoms with E-state index in [0.29, 0.717) is 11.9 Å². The fourth-order valence-corrected chi connectivity index (χ4v) is 0.914. The minimum Gasteiger partial charge on any atom is -0.331 e. The van der Waals surface area contributed by atoms with Gasteiger partial charge in [0.25, 0.3) is 0 Å². The monoisotopic (exact) mass is 196 g/mol. The number of nitrogens with zero attached hydrogens (tertiary/aromatic N) is 3.